The van der Waals surface area contributed by atoms with Crippen LogP contribution in [0.1, 0.15) is 36.9 Å². The molecule has 3 rings (SSSR count). The number of ether oxygens (including phenoxy) is 3. The molecule has 0 spiro atoms. The van der Waals surface area contributed by atoms with Crippen LogP contribution in [0.3, 0.4) is 0 Å². The zero-order chi connectivity index (χ0) is 21.0. The van der Waals surface area contributed by atoms with Crippen LogP contribution in [0, 0.1) is 0 Å². The predicted octanol–water partition coefficient (Wildman–Crippen LogP) is 6.96. The van der Waals surface area contributed by atoms with Crippen molar-refractivity contribution in [2.75, 3.05) is 6.61 Å². The van der Waals surface area contributed by atoms with Crippen molar-refractivity contribution in [3.8, 4) is 0 Å². The molecule has 0 N–H and O–H groups in total. The number of rotatable bonds is 5. The lowest BCUT2D eigenvalue weighted by molar-refractivity contribution is -0.239. The molecule has 3 atom stereocenters. The first-order valence-corrected chi connectivity index (χ1v) is 10.4. The lowest BCUT2D eigenvalue weighted by Gasteiger charge is -2.35. The van der Waals surface area contributed by atoms with Crippen LogP contribution in [-0.4, -0.2) is 18.7 Å². The minimum absolute atomic E-state index is 0.295. The Kier molecular flexibility index (Phi) is 7.85. The molecule has 1 fully saturated rings. The topological polar surface area (TPSA) is 44.8 Å². The molecule has 1 saturated heterocycles. The molecule has 0 saturated carbocycles. The second-order valence-electron chi connectivity index (χ2n) is 6.31. The Balaban J connectivity index is 1.91. The summed E-state index contributed by atoms with van der Waals surface area (Å²) in [6.45, 7) is 2.04. The molecule has 0 aromatic heterocycles. The second kappa shape index (κ2) is 10.2. The van der Waals surface area contributed by atoms with Gasteiger partial charge >= 0.3 is 5.97 Å². The number of hydrogen-bond donors (Lipinski definition) is 0. The van der Waals surface area contributed by atoms with Crippen molar-refractivity contribution in [2.24, 2.45) is 0 Å². The van der Waals surface area contributed by atoms with Crippen molar-refractivity contribution >= 4 is 52.4 Å². The van der Waals surface area contributed by atoms with E-state index in [9.17, 15) is 4.79 Å². The fourth-order valence-electron chi connectivity index (χ4n) is 2.96. The van der Waals surface area contributed by atoms with Gasteiger partial charge in [0.1, 0.15) is 0 Å². The van der Waals surface area contributed by atoms with Crippen molar-refractivity contribution in [1.29, 1.82) is 0 Å². The van der Waals surface area contributed by atoms with Crippen LogP contribution >= 0.6 is 46.4 Å². The van der Waals surface area contributed by atoms with E-state index in [0.29, 0.717) is 38.7 Å². The molecule has 154 valence electrons. The van der Waals surface area contributed by atoms with Gasteiger partial charge in [0, 0.05) is 33.1 Å². The Labute approximate surface area is 189 Å². The lowest BCUT2D eigenvalue weighted by Crippen LogP contribution is -2.29. The quantitative estimate of drug-likeness (QED) is 0.346. The van der Waals surface area contributed by atoms with Crippen LogP contribution in [0.5, 0.6) is 0 Å². The normalized spacial score (nSPS) is 22.0. The molecule has 1 aliphatic heterocycles. The smallest absolute Gasteiger partial charge is 0.330 e. The zero-order valence-electron chi connectivity index (χ0n) is 15.4. The highest BCUT2D eigenvalue weighted by Crippen LogP contribution is 2.42. The number of carbonyl (C=O) groups excluding carboxylic acids is 1. The van der Waals surface area contributed by atoms with Crippen LogP contribution in [-0.2, 0) is 19.0 Å². The van der Waals surface area contributed by atoms with Crippen molar-refractivity contribution < 1.29 is 19.0 Å². The SMILES string of the molecule is CCOC(=O)/C=C/[C@H]1C[C@@H](c2ccc(Cl)cc2Cl)O[C@@H](c2ccc(Cl)cc2Cl)O1. The Hall–Kier alpha value is -1.27. The standard InChI is InChI=1S/C21H18Cl4O4/c1-2-27-20(26)8-5-14-11-19(15-6-3-12(22)9-17(15)24)29-21(28-14)16-7-4-13(23)10-18(16)25/h3-10,14,19,21H,2,11H2,1H3/b8-5+/t14-,19-,21-/m0/s1. The molecule has 0 aliphatic carbocycles. The summed E-state index contributed by atoms with van der Waals surface area (Å²) in [7, 11) is 0. The highest BCUT2D eigenvalue weighted by molar-refractivity contribution is 6.35. The van der Waals surface area contributed by atoms with Gasteiger partial charge in [0.2, 0.25) is 0 Å². The summed E-state index contributed by atoms with van der Waals surface area (Å²) in [5.74, 6) is -0.440. The van der Waals surface area contributed by atoms with Gasteiger partial charge in [-0.2, -0.15) is 0 Å². The van der Waals surface area contributed by atoms with Crippen molar-refractivity contribution in [3.63, 3.8) is 0 Å². The average Bonchev–Trinajstić information content (AvgIpc) is 2.66. The zero-order valence-corrected chi connectivity index (χ0v) is 18.4. The summed E-state index contributed by atoms with van der Waals surface area (Å²) >= 11 is 24.7. The van der Waals surface area contributed by atoms with E-state index < -0.39 is 24.5 Å². The Morgan fingerprint density at radius 2 is 1.66 bits per heavy atom. The fourth-order valence-corrected chi connectivity index (χ4v) is 3.99. The second-order valence-corrected chi connectivity index (χ2v) is 8.00. The minimum Gasteiger partial charge on any atom is -0.463 e. The molecular weight excluding hydrogens is 458 g/mol. The number of carbonyl (C=O) groups is 1. The monoisotopic (exact) mass is 474 g/mol. The van der Waals surface area contributed by atoms with Gasteiger partial charge in [0.15, 0.2) is 6.29 Å². The molecule has 2 aromatic carbocycles. The van der Waals surface area contributed by atoms with Gasteiger partial charge < -0.3 is 14.2 Å². The van der Waals surface area contributed by atoms with Crippen LogP contribution in [0.4, 0.5) is 0 Å². The molecule has 0 radical (unpaired) electrons. The minimum atomic E-state index is -0.776. The summed E-state index contributed by atoms with van der Waals surface area (Å²) in [6.07, 6.45) is 1.83. The maximum absolute atomic E-state index is 11.7. The lowest BCUT2D eigenvalue weighted by atomic mass is 10.0. The highest BCUT2D eigenvalue weighted by Gasteiger charge is 2.33. The van der Waals surface area contributed by atoms with E-state index in [0.717, 1.165) is 5.56 Å². The molecule has 1 heterocycles. The van der Waals surface area contributed by atoms with Gasteiger partial charge in [-0.25, -0.2) is 4.79 Å². The third-order valence-electron chi connectivity index (χ3n) is 4.29. The summed E-state index contributed by atoms with van der Waals surface area (Å²) < 4.78 is 17.1. The molecule has 0 bridgehead atoms. The van der Waals surface area contributed by atoms with E-state index in [-0.39, 0.29) is 0 Å². The van der Waals surface area contributed by atoms with E-state index in [4.69, 9.17) is 60.6 Å². The van der Waals surface area contributed by atoms with Crippen LogP contribution in [0.2, 0.25) is 20.1 Å². The number of esters is 1. The molecule has 4 nitrogen and oxygen atoms in total. The number of benzene rings is 2. The van der Waals surface area contributed by atoms with Crippen molar-refractivity contribution in [1.82, 2.24) is 0 Å². The largest absolute Gasteiger partial charge is 0.463 e. The summed E-state index contributed by atoms with van der Waals surface area (Å²) in [6, 6.07) is 10.3. The average molecular weight is 476 g/mol. The Bertz CT molecular complexity index is 856. The summed E-state index contributed by atoms with van der Waals surface area (Å²) in [5.41, 5.74) is 1.39. The van der Waals surface area contributed by atoms with E-state index in [2.05, 4.69) is 0 Å². The van der Waals surface area contributed by atoms with E-state index in [1.807, 2.05) is 6.07 Å². The predicted molar refractivity (Wildman–Crippen MR) is 115 cm³/mol. The van der Waals surface area contributed by atoms with E-state index in [1.165, 1.54) is 6.08 Å². The van der Waals surface area contributed by atoms with E-state index >= 15 is 0 Å². The van der Waals surface area contributed by atoms with Gasteiger partial charge in [-0.05, 0) is 42.8 Å². The maximum Gasteiger partial charge on any atom is 0.330 e. The van der Waals surface area contributed by atoms with Crippen molar-refractivity contribution in [3.05, 3.63) is 79.8 Å². The first-order chi connectivity index (χ1) is 13.9. The van der Waals surface area contributed by atoms with Gasteiger partial charge in [-0.1, -0.05) is 58.5 Å². The van der Waals surface area contributed by atoms with Crippen LogP contribution in [0.25, 0.3) is 0 Å². The maximum atomic E-state index is 11.7. The van der Waals surface area contributed by atoms with Gasteiger partial charge in [-0.3, -0.25) is 0 Å². The summed E-state index contributed by atoms with van der Waals surface area (Å²) in [4.78, 5) is 11.7. The number of halogens is 4. The Morgan fingerprint density at radius 1 is 1.03 bits per heavy atom. The first-order valence-electron chi connectivity index (χ1n) is 8.93. The van der Waals surface area contributed by atoms with Crippen LogP contribution < -0.4 is 0 Å². The molecule has 1 aliphatic rings. The molecular formula is C21H18Cl4O4. The fraction of sp³-hybridized carbons (Fsp3) is 0.286. The Morgan fingerprint density at radius 3 is 2.24 bits per heavy atom. The highest BCUT2D eigenvalue weighted by atomic mass is 35.5. The molecule has 0 unspecified atom stereocenters. The molecule has 0 amide bonds. The summed E-state index contributed by atoms with van der Waals surface area (Å²) in [5, 5.41) is 1.93. The first kappa shape index (κ1) is 22.4. The van der Waals surface area contributed by atoms with E-state index in [1.54, 1.807) is 43.3 Å². The number of hydrogen-bond acceptors (Lipinski definition) is 4. The van der Waals surface area contributed by atoms with Crippen LogP contribution in [0.15, 0.2) is 48.6 Å². The van der Waals surface area contributed by atoms with Gasteiger partial charge in [0.25, 0.3) is 0 Å². The third kappa shape index (κ3) is 5.88. The molecule has 2 aromatic rings. The van der Waals surface area contributed by atoms with Gasteiger partial charge in [0.05, 0.1) is 23.8 Å². The van der Waals surface area contributed by atoms with Crippen molar-refractivity contribution in [2.45, 2.75) is 31.8 Å². The molecule has 8 heteroatoms. The molecule has 29 heavy (non-hydrogen) atoms. The third-order valence-corrected chi connectivity index (χ3v) is 5.42. The van der Waals surface area contributed by atoms with Gasteiger partial charge in [-0.15, -0.1) is 0 Å².